The maximum atomic E-state index is 2.49. The summed E-state index contributed by atoms with van der Waals surface area (Å²) in [7, 11) is -1.01. The Labute approximate surface area is 240 Å². The van der Waals surface area contributed by atoms with Crippen molar-refractivity contribution < 1.29 is 0 Å². The summed E-state index contributed by atoms with van der Waals surface area (Å²) in [5, 5.41) is 0. The van der Waals surface area contributed by atoms with Crippen LogP contribution in [0.2, 0.25) is 0 Å². The van der Waals surface area contributed by atoms with Gasteiger partial charge in [-0.25, -0.2) is 0 Å². The zero-order valence-corrected chi connectivity index (χ0v) is 24.1. The first-order valence-corrected chi connectivity index (χ1v) is 16.2. The van der Waals surface area contributed by atoms with Crippen molar-refractivity contribution in [3.05, 3.63) is 166 Å². The second-order valence-corrected chi connectivity index (χ2v) is 13.9. The van der Waals surface area contributed by atoms with Crippen LogP contribution in [0.1, 0.15) is 52.7 Å². The predicted octanol–water partition coefficient (Wildman–Crippen LogP) is 10.1. The van der Waals surface area contributed by atoms with E-state index in [1.807, 2.05) is 0 Å². The maximum absolute atomic E-state index is 2.49. The monoisotopic (exact) mass is 529 g/mol. The van der Waals surface area contributed by atoms with E-state index in [0.717, 1.165) is 6.04 Å². The standard InChI is InChI=1S/C39H33Si/c1-27-24-36-32(30-16-8-4-9-17-30)20-12-22-34(36)38(27)40(26-29-14-6-3-7-15-29)39-28(2)25-37-33(21-13-23-35(37)39)31-18-10-5-11-19-31/h3-25,38-39H,26H2,1-2H3. The van der Waals surface area contributed by atoms with Crippen LogP contribution < -0.4 is 0 Å². The molecular formula is C39H33Si. The highest BCUT2D eigenvalue weighted by atomic mass is 28.3. The molecule has 0 aromatic heterocycles. The van der Waals surface area contributed by atoms with Crippen molar-refractivity contribution in [2.75, 3.05) is 0 Å². The van der Waals surface area contributed by atoms with Gasteiger partial charge < -0.3 is 0 Å². The molecule has 0 saturated carbocycles. The van der Waals surface area contributed by atoms with Crippen LogP contribution in [0.5, 0.6) is 0 Å². The largest absolute Gasteiger partial charge is 0.0794 e. The second kappa shape index (κ2) is 10.4. The molecule has 2 atom stereocenters. The van der Waals surface area contributed by atoms with Crippen LogP contribution in [0.15, 0.2) is 139 Å². The third kappa shape index (κ3) is 4.31. The summed E-state index contributed by atoms with van der Waals surface area (Å²) in [6, 6.07) is 48.1. The molecule has 0 amide bonds. The van der Waals surface area contributed by atoms with Gasteiger partial charge in [-0.2, -0.15) is 0 Å². The minimum atomic E-state index is -1.01. The summed E-state index contributed by atoms with van der Waals surface area (Å²) in [5.41, 5.74) is 16.6. The van der Waals surface area contributed by atoms with Gasteiger partial charge in [-0.1, -0.05) is 156 Å². The quantitative estimate of drug-likeness (QED) is 0.192. The lowest BCUT2D eigenvalue weighted by Gasteiger charge is -2.32. The molecule has 2 aliphatic carbocycles. The van der Waals surface area contributed by atoms with E-state index in [4.69, 9.17) is 0 Å². The highest BCUT2D eigenvalue weighted by molar-refractivity contribution is 6.64. The zero-order valence-electron chi connectivity index (χ0n) is 23.1. The molecule has 0 saturated heterocycles. The van der Waals surface area contributed by atoms with Crippen LogP contribution in [0.4, 0.5) is 0 Å². The molecule has 5 aromatic rings. The summed E-state index contributed by atoms with van der Waals surface area (Å²) in [6.45, 7) is 4.76. The fourth-order valence-electron chi connectivity index (χ4n) is 7.03. The van der Waals surface area contributed by atoms with Crippen LogP contribution in [0, 0.1) is 0 Å². The number of allylic oxidation sites excluding steroid dienone is 2. The van der Waals surface area contributed by atoms with Gasteiger partial charge in [-0.05, 0) is 75.5 Å². The molecule has 193 valence electrons. The van der Waals surface area contributed by atoms with Crippen molar-refractivity contribution >= 4 is 20.9 Å². The van der Waals surface area contributed by atoms with E-state index in [2.05, 4.69) is 153 Å². The number of hydrogen-bond acceptors (Lipinski definition) is 0. The lowest BCUT2D eigenvalue weighted by Crippen LogP contribution is -2.34. The van der Waals surface area contributed by atoms with Gasteiger partial charge in [0.25, 0.3) is 0 Å². The van der Waals surface area contributed by atoms with Crippen LogP contribution >= 0.6 is 0 Å². The molecule has 0 spiro atoms. The summed E-state index contributed by atoms with van der Waals surface area (Å²) in [6.07, 6.45) is 4.99. The van der Waals surface area contributed by atoms with Gasteiger partial charge in [0.2, 0.25) is 0 Å². The van der Waals surface area contributed by atoms with E-state index in [1.54, 1.807) is 0 Å². The van der Waals surface area contributed by atoms with E-state index in [1.165, 1.54) is 61.2 Å². The molecule has 2 unspecified atom stereocenters. The van der Waals surface area contributed by atoms with Gasteiger partial charge in [0.1, 0.15) is 0 Å². The Bertz CT molecular complexity index is 1620. The van der Waals surface area contributed by atoms with Gasteiger partial charge in [0.15, 0.2) is 0 Å². The van der Waals surface area contributed by atoms with E-state index < -0.39 is 8.80 Å². The van der Waals surface area contributed by atoms with E-state index >= 15 is 0 Å². The first-order chi connectivity index (χ1) is 19.7. The number of rotatable bonds is 6. The van der Waals surface area contributed by atoms with Gasteiger partial charge in [0, 0.05) is 0 Å². The summed E-state index contributed by atoms with van der Waals surface area (Å²) >= 11 is 0. The molecule has 0 heterocycles. The Morgan fingerprint density at radius 1 is 0.475 bits per heavy atom. The smallest absolute Gasteiger partial charge is 0.0681 e. The van der Waals surface area contributed by atoms with Crippen LogP contribution in [0.3, 0.4) is 0 Å². The third-order valence-electron chi connectivity index (χ3n) is 8.72. The molecule has 0 fully saturated rings. The van der Waals surface area contributed by atoms with Crippen LogP contribution in [-0.2, 0) is 6.04 Å². The number of hydrogen-bond donors (Lipinski definition) is 0. The van der Waals surface area contributed by atoms with Crippen molar-refractivity contribution in [2.24, 2.45) is 0 Å². The van der Waals surface area contributed by atoms with Crippen LogP contribution in [0.25, 0.3) is 34.4 Å². The first kappa shape index (κ1) is 24.8. The SMILES string of the molecule is CC1=Cc2c(-c3ccccc3)cccc2C1[Si](Cc1ccccc1)C1C(C)=Cc2c(-c3ccccc3)cccc21. The molecule has 40 heavy (non-hydrogen) atoms. The second-order valence-electron chi connectivity index (χ2n) is 11.2. The highest BCUT2D eigenvalue weighted by Gasteiger charge is 2.41. The lowest BCUT2D eigenvalue weighted by molar-refractivity contribution is 0.978. The predicted molar refractivity (Wildman–Crippen MR) is 172 cm³/mol. The molecule has 0 bridgehead atoms. The Balaban J connectivity index is 1.37. The molecule has 2 aliphatic rings. The molecule has 0 nitrogen and oxygen atoms in total. The maximum Gasteiger partial charge on any atom is 0.0794 e. The topological polar surface area (TPSA) is 0 Å². The lowest BCUT2D eigenvalue weighted by atomic mass is 9.97. The molecule has 0 aliphatic heterocycles. The first-order valence-electron chi connectivity index (χ1n) is 14.3. The van der Waals surface area contributed by atoms with Gasteiger partial charge >= 0.3 is 0 Å². The molecule has 5 aromatic carbocycles. The van der Waals surface area contributed by atoms with Crippen molar-refractivity contribution in [1.82, 2.24) is 0 Å². The van der Waals surface area contributed by atoms with Gasteiger partial charge in [-0.3, -0.25) is 0 Å². The Kier molecular flexibility index (Phi) is 6.46. The van der Waals surface area contributed by atoms with Crippen LogP contribution in [-0.4, -0.2) is 8.80 Å². The van der Waals surface area contributed by atoms with Crippen molar-refractivity contribution in [3.63, 3.8) is 0 Å². The molecule has 1 heteroatoms. The van der Waals surface area contributed by atoms with Gasteiger partial charge in [0.05, 0.1) is 8.80 Å². The van der Waals surface area contributed by atoms with Crippen molar-refractivity contribution in [2.45, 2.75) is 31.0 Å². The normalized spacial score (nSPS) is 17.4. The molecule has 1 radical (unpaired) electrons. The molecule has 7 rings (SSSR count). The van der Waals surface area contributed by atoms with E-state index in [9.17, 15) is 0 Å². The number of fused-ring (bicyclic) bond motifs is 2. The van der Waals surface area contributed by atoms with E-state index in [0.29, 0.717) is 11.1 Å². The zero-order chi connectivity index (χ0) is 27.1. The Hall–Kier alpha value is -4.20. The average molecular weight is 530 g/mol. The Morgan fingerprint density at radius 2 is 0.900 bits per heavy atom. The van der Waals surface area contributed by atoms with Crippen molar-refractivity contribution in [1.29, 1.82) is 0 Å². The summed E-state index contributed by atoms with van der Waals surface area (Å²) in [4.78, 5) is 0. The fraction of sp³-hybridized carbons (Fsp3) is 0.128. The minimum Gasteiger partial charge on any atom is -0.0681 e. The number of benzene rings is 5. The molecule has 0 N–H and O–H groups in total. The van der Waals surface area contributed by atoms with Gasteiger partial charge in [-0.15, -0.1) is 0 Å². The highest BCUT2D eigenvalue weighted by Crippen LogP contribution is 2.50. The Morgan fingerprint density at radius 3 is 1.35 bits per heavy atom. The minimum absolute atomic E-state index is 0.462. The van der Waals surface area contributed by atoms with Crippen molar-refractivity contribution in [3.8, 4) is 22.3 Å². The summed E-state index contributed by atoms with van der Waals surface area (Å²) in [5.74, 6) is 0. The fourth-order valence-corrected chi connectivity index (χ4v) is 11.1. The third-order valence-corrected chi connectivity index (χ3v) is 12.6. The average Bonchev–Trinajstić information content (AvgIpc) is 3.52. The summed E-state index contributed by atoms with van der Waals surface area (Å²) < 4.78 is 0. The molecular weight excluding hydrogens is 497 g/mol. The van der Waals surface area contributed by atoms with E-state index in [-0.39, 0.29) is 0 Å².